The lowest BCUT2D eigenvalue weighted by molar-refractivity contribution is -0.159. The zero-order valence-corrected chi connectivity index (χ0v) is 17.3. The Balaban J connectivity index is 1.39. The standard InChI is InChI=1S/C25H22FN3O3/c26-19-5-3-4-18(12-19)16-7-9-17(10-8-16)24-21-13-28(14-23(31)29(21)22(24)15-30)25(32)20-6-1-2-11-27-20/h1-12,21-22,24,30H,13-15H2/t21-,22-,24+/m1/s1. The molecule has 2 aromatic carbocycles. The molecule has 162 valence electrons. The van der Waals surface area contributed by atoms with Crippen molar-refractivity contribution in [2.45, 2.75) is 18.0 Å². The number of hydrogen-bond donors (Lipinski definition) is 1. The number of aromatic nitrogens is 1. The van der Waals surface area contributed by atoms with Gasteiger partial charge >= 0.3 is 0 Å². The first-order valence-corrected chi connectivity index (χ1v) is 10.5. The number of hydrogen-bond acceptors (Lipinski definition) is 4. The van der Waals surface area contributed by atoms with Crippen molar-refractivity contribution in [3.8, 4) is 11.1 Å². The summed E-state index contributed by atoms with van der Waals surface area (Å²) < 4.78 is 13.6. The molecule has 0 spiro atoms. The zero-order chi connectivity index (χ0) is 22.2. The van der Waals surface area contributed by atoms with Crippen molar-refractivity contribution in [3.05, 3.63) is 90.0 Å². The molecule has 0 radical (unpaired) electrons. The highest BCUT2D eigenvalue weighted by Crippen LogP contribution is 2.43. The van der Waals surface area contributed by atoms with E-state index in [0.717, 1.165) is 16.7 Å². The van der Waals surface area contributed by atoms with E-state index in [-0.39, 0.29) is 48.8 Å². The summed E-state index contributed by atoms with van der Waals surface area (Å²) in [6.45, 7) is 0.217. The van der Waals surface area contributed by atoms with Crippen molar-refractivity contribution in [2.75, 3.05) is 19.7 Å². The number of carbonyl (C=O) groups excluding carboxylic acids is 2. The molecule has 3 heterocycles. The second-order valence-corrected chi connectivity index (χ2v) is 8.18. The van der Waals surface area contributed by atoms with Gasteiger partial charge in [0.15, 0.2) is 0 Å². The molecule has 0 unspecified atom stereocenters. The summed E-state index contributed by atoms with van der Waals surface area (Å²) in [5.74, 6) is -0.826. The molecule has 2 saturated heterocycles. The van der Waals surface area contributed by atoms with Crippen LogP contribution in [0.5, 0.6) is 0 Å². The van der Waals surface area contributed by atoms with Crippen molar-refractivity contribution in [1.29, 1.82) is 0 Å². The van der Waals surface area contributed by atoms with Crippen LogP contribution in [0.3, 0.4) is 0 Å². The molecule has 3 atom stereocenters. The predicted octanol–water partition coefficient (Wildman–Crippen LogP) is 2.70. The smallest absolute Gasteiger partial charge is 0.272 e. The molecule has 7 heteroatoms. The minimum absolute atomic E-state index is 0.0202. The van der Waals surface area contributed by atoms with Crippen molar-refractivity contribution in [3.63, 3.8) is 0 Å². The number of fused-ring (bicyclic) bond motifs is 1. The molecule has 3 aromatic rings. The molecule has 5 rings (SSSR count). The molecule has 2 aliphatic rings. The van der Waals surface area contributed by atoms with E-state index >= 15 is 0 Å². The SMILES string of the molecule is O=C(c1ccccn1)N1CC(=O)N2[C@H](CO)[C@@H](c3ccc(-c4cccc(F)c4)cc3)[C@H]2C1. The summed E-state index contributed by atoms with van der Waals surface area (Å²) in [4.78, 5) is 33.0. The number of piperazine rings is 1. The maximum atomic E-state index is 13.6. The van der Waals surface area contributed by atoms with Crippen LogP contribution in [-0.2, 0) is 4.79 Å². The third-order valence-corrected chi connectivity index (χ3v) is 6.38. The van der Waals surface area contributed by atoms with Crippen LogP contribution < -0.4 is 0 Å². The molecule has 2 aliphatic heterocycles. The van der Waals surface area contributed by atoms with Gasteiger partial charge in [0.05, 0.1) is 18.7 Å². The molecule has 2 fully saturated rings. The lowest BCUT2D eigenvalue weighted by atomic mass is 9.73. The van der Waals surface area contributed by atoms with Gasteiger partial charge in [0, 0.05) is 18.7 Å². The van der Waals surface area contributed by atoms with Gasteiger partial charge in [-0.25, -0.2) is 4.39 Å². The van der Waals surface area contributed by atoms with E-state index in [2.05, 4.69) is 4.98 Å². The van der Waals surface area contributed by atoms with E-state index in [9.17, 15) is 19.1 Å². The second-order valence-electron chi connectivity index (χ2n) is 8.18. The molecule has 2 amide bonds. The number of halogens is 1. The Morgan fingerprint density at radius 2 is 1.88 bits per heavy atom. The van der Waals surface area contributed by atoms with Crippen LogP contribution in [0.25, 0.3) is 11.1 Å². The van der Waals surface area contributed by atoms with E-state index in [4.69, 9.17) is 0 Å². The summed E-state index contributed by atoms with van der Waals surface area (Å²) in [7, 11) is 0. The Morgan fingerprint density at radius 1 is 1.06 bits per heavy atom. The van der Waals surface area contributed by atoms with Gasteiger partial charge in [-0.3, -0.25) is 14.6 Å². The van der Waals surface area contributed by atoms with Crippen molar-refractivity contribution in [1.82, 2.24) is 14.8 Å². The fourth-order valence-corrected chi connectivity index (χ4v) is 4.87. The van der Waals surface area contributed by atoms with Gasteiger partial charge in [0.2, 0.25) is 5.91 Å². The van der Waals surface area contributed by atoms with Crippen molar-refractivity contribution >= 4 is 11.8 Å². The van der Waals surface area contributed by atoms with Gasteiger partial charge in [-0.15, -0.1) is 0 Å². The van der Waals surface area contributed by atoms with Crippen LogP contribution in [0.2, 0.25) is 0 Å². The van der Waals surface area contributed by atoms with Gasteiger partial charge in [0.25, 0.3) is 5.91 Å². The number of aliphatic hydroxyl groups excluding tert-OH is 1. The summed E-state index contributed by atoms with van der Waals surface area (Å²) in [6.07, 6.45) is 1.55. The van der Waals surface area contributed by atoms with E-state index in [1.54, 1.807) is 35.4 Å². The highest BCUT2D eigenvalue weighted by atomic mass is 19.1. The number of carbonyl (C=O) groups is 2. The molecule has 1 N–H and O–H groups in total. The minimum Gasteiger partial charge on any atom is -0.394 e. The number of pyridine rings is 1. The van der Waals surface area contributed by atoms with E-state index in [1.165, 1.54) is 17.0 Å². The van der Waals surface area contributed by atoms with Crippen LogP contribution in [0.15, 0.2) is 72.9 Å². The number of aliphatic hydroxyl groups is 1. The maximum Gasteiger partial charge on any atom is 0.272 e. The Morgan fingerprint density at radius 3 is 2.56 bits per heavy atom. The van der Waals surface area contributed by atoms with Crippen LogP contribution >= 0.6 is 0 Å². The monoisotopic (exact) mass is 431 g/mol. The molecular weight excluding hydrogens is 409 g/mol. The first kappa shape index (κ1) is 20.3. The second kappa shape index (κ2) is 8.16. The average molecular weight is 431 g/mol. The molecule has 32 heavy (non-hydrogen) atoms. The van der Waals surface area contributed by atoms with E-state index in [0.29, 0.717) is 12.2 Å². The Hall–Kier alpha value is -3.58. The van der Waals surface area contributed by atoms with E-state index < -0.39 is 0 Å². The fourth-order valence-electron chi connectivity index (χ4n) is 4.87. The summed E-state index contributed by atoms with van der Waals surface area (Å²) in [5, 5.41) is 9.96. The van der Waals surface area contributed by atoms with Crippen LogP contribution in [-0.4, -0.2) is 63.5 Å². The average Bonchev–Trinajstić information content (AvgIpc) is 2.81. The van der Waals surface area contributed by atoms with Crippen LogP contribution in [0.1, 0.15) is 22.0 Å². The van der Waals surface area contributed by atoms with Gasteiger partial charge in [-0.1, -0.05) is 42.5 Å². The molecule has 1 aromatic heterocycles. The summed E-state index contributed by atoms with van der Waals surface area (Å²) in [6, 6.07) is 18.7. The topological polar surface area (TPSA) is 73.7 Å². The number of nitrogens with zero attached hydrogens (tertiary/aromatic N) is 3. The lowest BCUT2D eigenvalue weighted by Gasteiger charge is -2.58. The number of rotatable bonds is 4. The normalized spacial score (nSPS) is 22.3. The third kappa shape index (κ3) is 3.44. The Labute approximate surface area is 184 Å². The molecule has 0 aliphatic carbocycles. The Bertz CT molecular complexity index is 1150. The van der Waals surface area contributed by atoms with E-state index in [1.807, 2.05) is 30.3 Å². The van der Waals surface area contributed by atoms with Gasteiger partial charge in [0.1, 0.15) is 18.1 Å². The predicted molar refractivity (Wildman–Crippen MR) is 116 cm³/mol. The highest BCUT2D eigenvalue weighted by Gasteiger charge is 2.54. The first-order chi connectivity index (χ1) is 15.6. The largest absolute Gasteiger partial charge is 0.394 e. The lowest BCUT2D eigenvalue weighted by Crippen LogP contribution is -2.73. The van der Waals surface area contributed by atoms with Crippen molar-refractivity contribution in [2.24, 2.45) is 0 Å². The van der Waals surface area contributed by atoms with Crippen LogP contribution in [0, 0.1) is 5.82 Å². The number of benzene rings is 2. The quantitative estimate of drug-likeness (QED) is 0.690. The molecule has 0 saturated carbocycles. The number of amides is 2. The maximum absolute atomic E-state index is 13.6. The van der Waals surface area contributed by atoms with Gasteiger partial charge in [-0.05, 0) is 41.0 Å². The third-order valence-electron chi connectivity index (χ3n) is 6.38. The fraction of sp³-hybridized carbons (Fsp3) is 0.240. The first-order valence-electron chi connectivity index (χ1n) is 10.5. The molecule has 6 nitrogen and oxygen atoms in total. The summed E-state index contributed by atoms with van der Waals surface area (Å²) >= 11 is 0. The molecule has 0 bridgehead atoms. The Kier molecular flexibility index (Phi) is 5.19. The summed E-state index contributed by atoms with van der Waals surface area (Å²) in [5.41, 5.74) is 2.95. The van der Waals surface area contributed by atoms with Gasteiger partial charge in [-0.2, -0.15) is 0 Å². The highest BCUT2D eigenvalue weighted by molar-refractivity contribution is 5.96. The van der Waals surface area contributed by atoms with Crippen LogP contribution in [0.4, 0.5) is 4.39 Å². The molecular formula is C25H22FN3O3. The van der Waals surface area contributed by atoms with Gasteiger partial charge < -0.3 is 14.9 Å². The minimum atomic E-state index is -0.320. The van der Waals surface area contributed by atoms with Crippen molar-refractivity contribution < 1.29 is 19.1 Å². The zero-order valence-electron chi connectivity index (χ0n) is 17.3.